The first-order valence-electron chi connectivity index (χ1n) is 11.4. The first-order chi connectivity index (χ1) is 15.2. The molecule has 0 radical (unpaired) electrons. The van der Waals surface area contributed by atoms with Crippen LogP contribution in [-0.2, 0) is 0 Å². The molecule has 9 heteroatoms. The van der Waals surface area contributed by atoms with E-state index in [4.69, 9.17) is 5.10 Å². The molecular weight excluding hydrogens is 459 g/mol. The van der Waals surface area contributed by atoms with Gasteiger partial charge in [0.25, 0.3) is 5.91 Å². The zero-order valence-corrected chi connectivity index (χ0v) is 20.9. The molecule has 1 aromatic carbocycles. The molecule has 1 aliphatic carbocycles. The van der Waals surface area contributed by atoms with E-state index in [0.29, 0.717) is 18.2 Å². The highest BCUT2D eigenvalue weighted by Gasteiger charge is 2.16. The maximum atomic E-state index is 12.5. The molecule has 1 aliphatic rings. The fraction of sp³-hybridized carbons (Fsp3) is 0.458. The standard InChI is InChI=1S/C24H32N6O.2ClH/c1-3-29(4-2)16-15-25-24(31)19-11-9-18(10-12-19)21-17-26-23-14-13-22(28-30(21)23)27-20-7-5-6-8-20;;/h9-14,17,20H,3-8,15-16H2,1-2H3,(H,25,31)(H,27,28);2*1H. The number of imidazole rings is 1. The summed E-state index contributed by atoms with van der Waals surface area (Å²) >= 11 is 0. The Bertz CT molecular complexity index is 1010. The van der Waals surface area contributed by atoms with Crippen LogP contribution in [0.5, 0.6) is 0 Å². The van der Waals surface area contributed by atoms with Gasteiger partial charge in [0, 0.05) is 30.3 Å². The largest absolute Gasteiger partial charge is 0.366 e. The van der Waals surface area contributed by atoms with Gasteiger partial charge >= 0.3 is 0 Å². The third kappa shape index (κ3) is 6.59. The summed E-state index contributed by atoms with van der Waals surface area (Å²) in [7, 11) is 0. The molecule has 0 bridgehead atoms. The SMILES string of the molecule is CCN(CC)CCNC(=O)c1ccc(-c2cnc3ccc(NC4CCCC4)nn23)cc1.Cl.Cl. The lowest BCUT2D eigenvalue weighted by Crippen LogP contribution is -2.34. The number of carbonyl (C=O) groups is 1. The number of benzene rings is 1. The third-order valence-electron chi connectivity index (χ3n) is 6.12. The molecule has 4 rings (SSSR count). The van der Waals surface area contributed by atoms with Gasteiger partial charge in [0.15, 0.2) is 5.65 Å². The van der Waals surface area contributed by atoms with E-state index in [9.17, 15) is 4.79 Å². The minimum atomic E-state index is -0.0435. The van der Waals surface area contributed by atoms with Crippen molar-refractivity contribution in [3.8, 4) is 11.3 Å². The van der Waals surface area contributed by atoms with Crippen LogP contribution in [-0.4, -0.2) is 57.6 Å². The third-order valence-corrected chi connectivity index (χ3v) is 6.12. The zero-order valence-electron chi connectivity index (χ0n) is 19.3. The molecular formula is C24H34Cl2N6O. The molecule has 2 heterocycles. The summed E-state index contributed by atoms with van der Waals surface area (Å²) in [5.74, 6) is 0.834. The van der Waals surface area contributed by atoms with Gasteiger partial charge in [-0.3, -0.25) is 4.79 Å². The minimum absolute atomic E-state index is 0. The topological polar surface area (TPSA) is 74.6 Å². The number of halogens is 2. The van der Waals surface area contributed by atoms with Crippen molar-refractivity contribution in [1.82, 2.24) is 24.8 Å². The van der Waals surface area contributed by atoms with Gasteiger partial charge < -0.3 is 15.5 Å². The molecule has 0 atom stereocenters. The second-order valence-corrected chi connectivity index (χ2v) is 8.12. The van der Waals surface area contributed by atoms with E-state index in [1.54, 1.807) is 0 Å². The Labute approximate surface area is 208 Å². The Morgan fingerprint density at radius 3 is 2.42 bits per heavy atom. The van der Waals surface area contributed by atoms with Gasteiger partial charge in [0.05, 0.1) is 11.9 Å². The quantitative estimate of drug-likeness (QED) is 0.454. The highest BCUT2D eigenvalue weighted by molar-refractivity contribution is 5.94. The van der Waals surface area contributed by atoms with Gasteiger partial charge in [0.1, 0.15) is 5.82 Å². The second-order valence-electron chi connectivity index (χ2n) is 8.12. The number of carbonyl (C=O) groups excluding carboxylic acids is 1. The summed E-state index contributed by atoms with van der Waals surface area (Å²) < 4.78 is 1.87. The van der Waals surface area contributed by atoms with Gasteiger partial charge in [-0.2, -0.15) is 0 Å². The molecule has 1 fully saturated rings. The lowest BCUT2D eigenvalue weighted by molar-refractivity contribution is 0.0949. The van der Waals surface area contributed by atoms with Crippen molar-refractivity contribution in [1.29, 1.82) is 0 Å². The Hall–Kier alpha value is -2.35. The number of rotatable bonds is 9. The number of hydrogen-bond acceptors (Lipinski definition) is 5. The van der Waals surface area contributed by atoms with Crippen molar-refractivity contribution in [2.45, 2.75) is 45.6 Å². The molecule has 2 aromatic heterocycles. The Morgan fingerprint density at radius 2 is 1.76 bits per heavy atom. The molecule has 33 heavy (non-hydrogen) atoms. The lowest BCUT2D eigenvalue weighted by atomic mass is 10.1. The van der Waals surface area contributed by atoms with E-state index < -0.39 is 0 Å². The first-order valence-corrected chi connectivity index (χ1v) is 11.4. The Kier molecular flexibility index (Phi) is 10.4. The fourth-order valence-electron chi connectivity index (χ4n) is 4.19. The average molecular weight is 493 g/mol. The smallest absolute Gasteiger partial charge is 0.251 e. The molecule has 180 valence electrons. The summed E-state index contributed by atoms with van der Waals surface area (Å²) in [6, 6.07) is 12.1. The van der Waals surface area contributed by atoms with Crippen molar-refractivity contribution in [2.24, 2.45) is 0 Å². The fourth-order valence-corrected chi connectivity index (χ4v) is 4.19. The molecule has 1 saturated carbocycles. The Morgan fingerprint density at radius 1 is 1.06 bits per heavy atom. The molecule has 0 unspecified atom stereocenters. The van der Waals surface area contributed by atoms with Crippen LogP contribution < -0.4 is 10.6 Å². The summed E-state index contributed by atoms with van der Waals surface area (Å²) in [5.41, 5.74) is 3.37. The highest BCUT2D eigenvalue weighted by Crippen LogP contribution is 2.24. The van der Waals surface area contributed by atoms with Crippen molar-refractivity contribution in [3.63, 3.8) is 0 Å². The van der Waals surface area contributed by atoms with E-state index in [0.717, 1.165) is 42.4 Å². The van der Waals surface area contributed by atoms with E-state index >= 15 is 0 Å². The van der Waals surface area contributed by atoms with E-state index in [1.807, 2.05) is 47.1 Å². The predicted molar refractivity (Wildman–Crippen MR) is 139 cm³/mol. The van der Waals surface area contributed by atoms with Gasteiger partial charge in [-0.1, -0.05) is 38.8 Å². The first kappa shape index (κ1) is 26.9. The molecule has 0 spiro atoms. The van der Waals surface area contributed by atoms with Crippen molar-refractivity contribution in [3.05, 3.63) is 48.2 Å². The maximum Gasteiger partial charge on any atom is 0.251 e. The number of fused-ring (bicyclic) bond motifs is 1. The number of hydrogen-bond donors (Lipinski definition) is 2. The molecule has 2 N–H and O–H groups in total. The minimum Gasteiger partial charge on any atom is -0.366 e. The van der Waals surface area contributed by atoms with Crippen LogP contribution in [0.4, 0.5) is 5.82 Å². The van der Waals surface area contributed by atoms with Crippen LogP contribution in [0.2, 0.25) is 0 Å². The van der Waals surface area contributed by atoms with Crippen LogP contribution in [0.1, 0.15) is 49.9 Å². The molecule has 7 nitrogen and oxygen atoms in total. The maximum absolute atomic E-state index is 12.5. The summed E-state index contributed by atoms with van der Waals surface area (Å²) in [6.45, 7) is 7.76. The zero-order chi connectivity index (χ0) is 21.6. The van der Waals surface area contributed by atoms with Crippen molar-refractivity contribution in [2.75, 3.05) is 31.5 Å². The molecule has 3 aromatic rings. The Balaban J connectivity index is 0.00000193. The summed E-state index contributed by atoms with van der Waals surface area (Å²) in [5, 5.41) is 11.3. The van der Waals surface area contributed by atoms with Gasteiger partial charge in [-0.05, 0) is 50.2 Å². The average Bonchev–Trinajstić information content (AvgIpc) is 3.46. The van der Waals surface area contributed by atoms with Gasteiger partial charge in [-0.25, -0.2) is 9.50 Å². The molecule has 0 aliphatic heterocycles. The van der Waals surface area contributed by atoms with E-state index in [-0.39, 0.29) is 30.7 Å². The number of nitrogens with zero attached hydrogens (tertiary/aromatic N) is 4. The predicted octanol–water partition coefficient (Wildman–Crippen LogP) is 4.67. The van der Waals surface area contributed by atoms with Crippen molar-refractivity contribution >= 4 is 42.2 Å². The van der Waals surface area contributed by atoms with Gasteiger partial charge in [-0.15, -0.1) is 29.9 Å². The van der Waals surface area contributed by atoms with Crippen LogP contribution >= 0.6 is 24.8 Å². The summed E-state index contributed by atoms with van der Waals surface area (Å²) in [6.07, 6.45) is 6.81. The number of likely N-dealkylation sites (N-methyl/N-ethyl adjacent to an activating group) is 1. The molecule has 0 saturated heterocycles. The van der Waals surface area contributed by atoms with E-state index in [1.165, 1.54) is 25.7 Å². The monoisotopic (exact) mass is 492 g/mol. The summed E-state index contributed by atoms with van der Waals surface area (Å²) in [4.78, 5) is 19.2. The van der Waals surface area contributed by atoms with Gasteiger partial charge in [0.2, 0.25) is 0 Å². The molecule has 1 amide bonds. The van der Waals surface area contributed by atoms with Crippen LogP contribution in [0.25, 0.3) is 16.9 Å². The number of nitrogens with one attached hydrogen (secondary N) is 2. The van der Waals surface area contributed by atoms with E-state index in [2.05, 4.69) is 34.4 Å². The number of amides is 1. The number of anilines is 1. The van der Waals surface area contributed by atoms with Crippen molar-refractivity contribution < 1.29 is 4.79 Å². The number of aromatic nitrogens is 3. The second kappa shape index (κ2) is 12.8. The van der Waals surface area contributed by atoms with Crippen LogP contribution in [0.3, 0.4) is 0 Å². The normalized spacial score (nSPS) is 13.5. The van der Waals surface area contributed by atoms with Crippen LogP contribution in [0, 0.1) is 0 Å². The van der Waals surface area contributed by atoms with Crippen LogP contribution in [0.15, 0.2) is 42.6 Å². The lowest BCUT2D eigenvalue weighted by Gasteiger charge is -2.17. The highest BCUT2D eigenvalue weighted by atomic mass is 35.5.